The van der Waals surface area contributed by atoms with Crippen LogP contribution in [0.15, 0.2) is 36.4 Å². The number of nitrogens with zero attached hydrogens (tertiary/aromatic N) is 2. The monoisotopic (exact) mass is 256 g/mol. The first-order valence-electron chi connectivity index (χ1n) is 7.17. The fourth-order valence-electron chi connectivity index (χ4n) is 2.12. The summed E-state index contributed by atoms with van der Waals surface area (Å²) in [6.07, 6.45) is 3.52. The summed E-state index contributed by atoms with van der Waals surface area (Å²) in [5, 5.41) is 4.82. The van der Waals surface area contributed by atoms with Gasteiger partial charge >= 0.3 is 0 Å². The van der Waals surface area contributed by atoms with E-state index in [4.69, 9.17) is 5.10 Å². The van der Waals surface area contributed by atoms with Crippen LogP contribution in [0.2, 0.25) is 0 Å². The standard InChI is InChI=1S/C17H24N2/c1-5-6-10-15-13-16(17(2,3)4)18-19(15)14-11-8-7-9-12-14/h7-9,11-13H,5-6,10H2,1-4H3. The first-order chi connectivity index (χ1) is 9.02. The van der Waals surface area contributed by atoms with Gasteiger partial charge in [0, 0.05) is 11.1 Å². The molecule has 0 radical (unpaired) electrons. The van der Waals surface area contributed by atoms with Crippen molar-refractivity contribution in [3.63, 3.8) is 0 Å². The van der Waals surface area contributed by atoms with Crippen molar-refractivity contribution in [3.8, 4) is 5.69 Å². The third-order valence-electron chi connectivity index (χ3n) is 3.34. The van der Waals surface area contributed by atoms with E-state index in [-0.39, 0.29) is 5.41 Å². The molecule has 2 aromatic rings. The lowest BCUT2D eigenvalue weighted by molar-refractivity contribution is 0.559. The number of para-hydroxylation sites is 1. The fraction of sp³-hybridized carbons (Fsp3) is 0.471. The molecule has 2 rings (SSSR count). The van der Waals surface area contributed by atoms with E-state index in [9.17, 15) is 0 Å². The second-order valence-corrected chi connectivity index (χ2v) is 6.12. The Morgan fingerprint density at radius 3 is 2.37 bits per heavy atom. The summed E-state index contributed by atoms with van der Waals surface area (Å²) in [6.45, 7) is 8.88. The molecule has 0 spiro atoms. The third kappa shape index (κ3) is 3.25. The van der Waals surface area contributed by atoms with Crippen molar-refractivity contribution in [1.29, 1.82) is 0 Å². The van der Waals surface area contributed by atoms with Crippen LogP contribution < -0.4 is 0 Å². The molecule has 0 aliphatic rings. The average Bonchev–Trinajstić information content (AvgIpc) is 2.81. The summed E-state index contributed by atoms with van der Waals surface area (Å²) >= 11 is 0. The minimum atomic E-state index is 0.0982. The number of aromatic nitrogens is 2. The van der Waals surface area contributed by atoms with Crippen LogP contribution in [0.1, 0.15) is 51.9 Å². The van der Waals surface area contributed by atoms with Gasteiger partial charge in [0.25, 0.3) is 0 Å². The van der Waals surface area contributed by atoms with Gasteiger partial charge in [0.15, 0.2) is 0 Å². The van der Waals surface area contributed by atoms with Gasteiger partial charge in [0.05, 0.1) is 11.4 Å². The van der Waals surface area contributed by atoms with Gasteiger partial charge in [0.1, 0.15) is 0 Å². The smallest absolute Gasteiger partial charge is 0.0685 e. The Morgan fingerprint density at radius 2 is 1.79 bits per heavy atom. The molecule has 19 heavy (non-hydrogen) atoms. The van der Waals surface area contributed by atoms with Crippen molar-refractivity contribution < 1.29 is 0 Å². The molecule has 0 unspecified atom stereocenters. The Hall–Kier alpha value is -1.57. The molecular weight excluding hydrogens is 232 g/mol. The van der Waals surface area contributed by atoms with Crippen molar-refractivity contribution in [2.24, 2.45) is 0 Å². The highest BCUT2D eigenvalue weighted by Crippen LogP contribution is 2.24. The van der Waals surface area contributed by atoms with Crippen molar-refractivity contribution in [3.05, 3.63) is 47.8 Å². The van der Waals surface area contributed by atoms with E-state index in [0.717, 1.165) is 12.1 Å². The number of rotatable bonds is 4. The summed E-state index contributed by atoms with van der Waals surface area (Å²) in [6, 6.07) is 12.7. The van der Waals surface area contributed by atoms with Gasteiger partial charge in [-0.3, -0.25) is 0 Å². The first kappa shape index (κ1) is 13.9. The molecule has 2 nitrogen and oxygen atoms in total. The molecule has 1 heterocycles. The summed E-state index contributed by atoms with van der Waals surface area (Å²) in [7, 11) is 0. The van der Waals surface area contributed by atoms with E-state index in [1.165, 1.54) is 24.2 Å². The molecule has 1 aromatic carbocycles. The van der Waals surface area contributed by atoms with Crippen LogP contribution in [0.5, 0.6) is 0 Å². The van der Waals surface area contributed by atoms with Crippen molar-refractivity contribution in [2.75, 3.05) is 0 Å². The number of unbranched alkanes of at least 4 members (excludes halogenated alkanes) is 1. The van der Waals surface area contributed by atoms with Gasteiger partial charge in [-0.05, 0) is 31.0 Å². The topological polar surface area (TPSA) is 17.8 Å². The molecule has 0 bridgehead atoms. The quantitative estimate of drug-likeness (QED) is 0.787. The van der Waals surface area contributed by atoms with Crippen LogP contribution in [0, 0.1) is 0 Å². The third-order valence-corrected chi connectivity index (χ3v) is 3.34. The maximum absolute atomic E-state index is 4.82. The number of benzene rings is 1. The Labute approximate surface area is 116 Å². The zero-order chi connectivity index (χ0) is 13.9. The van der Waals surface area contributed by atoms with E-state index in [1.807, 2.05) is 6.07 Å². The van der Waals surface area contributed by atoms with Crippen LogP contribution in [-0.2, 0) is 11.8 Å². The number of hydrogen-bond donors (Lipinski definition) is 0. The summed E-state index contributed by atoms with van der Waals surface area (Å²) in [5.41, 5.74) is 3.74. The molecule has 102 valence electrons. The second-order valence-electron chi connectivity index (χ2n) is 6.12. The highest BCUT2D eigenvalue weighted by atomic mass is 15.3. The highest BCUT2D eigenvalue weighted by molar-refractivity contribution is 5.34. The maximum Gasteiger partial charge on any atom is 0.0685 e. The van der Waals surface area contributed by atoms with Gasteiger partial charge in [0.2, 0.25) is 0 Å². The normalized spacial score (nSPS) is 11.8. The molecule has 0 saturated heterocycles. The molecule has 0 saturated carbocycles. The summed E-state index contributed by atoms with van der Waals surface area (Å²) < 4.78 is 2.11. The largest absolute Gasteiger partial charge is 0.238 e. The van der Waals surface area contributed by atoms with Crippen LogP contribution in [-0.4, -0.2) is 9.78 Å². The molecule has 0 N–H and O–H groups in total. The van der Waals surface area contributed by atoms with Crippen molar-refractivity contribution >= 4 is 0 Å². The van der Waals surface area contributed by atoms with Gasteiger partial charge in [-0.1, -0.05) is 52.3 Å². The Balaban J connectivity index is 2.43. The van der Waals surface area contributed by atoms with Crippen molar-refractivity contribution in [2.45, 2.75) is 52.4 Å². The fourth-order valence-corrected chi connectivity index (χ4v) is 2.12. The predicted molar refractivity (Wildman–Crippen MR) is 80.9 cm³/mol. The zero-order valence-corrected chi connectivity index (χ0v) is 12.5. The van der Waals surface area contributed by atoms with Crippen molar-refractivity contribution in [1.82, 2.24) is 9.78 Å². The molecule has 0 amide bonds. The van der Waals surface area contributed by atoms with Crippen LogP contribution in [0.3, 0.4) is 0 Å². The summed E-state index contributed by atoms with van der Waals surface area (Å²) in [5.74, 6) is 0. The maximum atomic E-state index is 4.82. The van der Waals surface area contributed by atoms with E-state index in [2.05, 4.69) is 62.7 Å². The highest BCUT2D eigenvalue weighted by Gasteiger charge is 2.20. The van der Waals surface area contributed by atoms with Crippen LogP contribution >= 0.6 is 0 Å². The minimum absolute atomic E-state index is 0.0982. The Kier molecular flexibility index (Phi) is 4.08. The molecule has 1 aromatic heterocycles. The minimum Gasteiger partial charge on any atom is -0.238 e. The molecule has 0 fully saturated rings. The van der Waals surface area contributed by atoms with E-state index >= 15 is 0 Å². The molecule has 0 atom stereocenters. The summed E-state index contributed by atoms with van der Waals surface area (Å²) in [4.78, 5) is 0. The molecular formula is C17H24N2. The first-order valence-corrected chi connectivity index (χ1v) is 7.17. The van der Waals surface area contributed by atoms with Gasteiger partial charge in [-0.25, -0.2) is 4.68 Å². The van der Waals surface area contributed by atoms with Crippen LogP contribution in [0.4, 0.5) is 0 Å². The lowest BCUT2D eigenvalue weighted by atomic mass is 9.92. The van der Waals surface area contributed by atoms with Gasteiger partial charge < -0.3 is 0 Å². The molecule has 0 aliphatic heterocycles. The lowest BCUT2D eigenvalue weighted by Gasteiger charge is -2.14. The second kappa shape index (κ2) is 5.60. The van der Waals surface area contributed by atoms with E-state index < -0.39 is 0 Å². The number of aryl methyl sites for hydroxylation is 1. The Morgan fingerprint density at radius 1 is 1.11 bits per heavy atom. The zero-order valence-electron chi connectivity index (χ0n) is 12.5. The Bertz CT molecular complexity index is 518. The average molecular weight is 256 g/mol. The SMILES string of the molecule is CCCCc1cc(C(C)(C)C)nn1-c1ccccc1. The lowest BCUT2D eigenvalue weighted by Crippen LogP contribution is -2.12. The van der Waals surface area contributed by atoms with Crippen LogP contribution in [0.25, 0.3) is 5.69 Å². The predicted octanol–water partition coefficient (Wildman–Crippen LogP) is 4.51. The van der Waals surface area contributed by atoms with Gasteiger partial charge in [-0.15, -0.1) is 0 Å². The number of hydrogen-bond acceptors (Lipinski definition) is 1. The molecule has 0 aliphatic carbocycles. The van der Waals surface area contributed by atoms with Gasteiger partial charge in [-0.2, -0.15) is 5.10 Å². The molecule has 2 heteroatoms. The van der Waals surface area contributed by atoms with E-state index in [1.54, 1.807) is 0 Å². The van der Waals surface area contributed by atoms with E-state index in [0.29, 0.717) is 0 Å².